The summed E-state index contributed by atoms with van der Waals surface area (Å²) in [6.45, 7) is 3.61. The van der Waals surface area contributed by atoms with Gasteiger partial charge in [0, 0.05) is 53.5 Å². The van der Waals surface area contributed by atoms with Crippen LogP contribution in [0.2, 0.25) is 10.0 Å². The van der Waals surface area contributed by atoms with Crippen molar-refractivity contribution in [2.45, 2.75) is 38.8 Å². The topological polar surface area (TPSA) is 147 Å². The van der Waals surface area contributed by atoms with Gasteiger partial charge >= 0.3 is 6.18 Å². The average Bonchev–Trinajstić information content (AvgIpc) is 3.90. The zero-order chi connectivity index (χ0) is 44.5. The fourth-order valence-electron chi connectivity index (χ4n) is 10.1. The van der Waals surface area contributed by atoms with E-state index in [0.29, 0.717) is 22.4 Å². The lowest BCUT2D eigenvalue weighted by molar-refractivity contribution is -0.141. The first-order valence-electron chi connectivity index (χ1n) is 19.4. The maximum absolute atomic E-state index is 15.3. The third kappa shape index (κ3) is 5.94. The highest BCUT2D eigenvalue weighted by atomic mass is 35.5. The van der Waals surface area contributed by atoms with E-state index in [-0.39, 0.29) is 46.5 Å². The van der Waals surface area contributed by atoms with Crippen molar-refractivity contribution in [3.63, 3.8) is 0 Å². The van der Waals surface area contributed by atoms with Crippen LogP contribution in [0.3, 0.4) is 0 Å². The van der Waals surface area contributed by atoms with E-state index in [9.17, 15) is 27.9 Å². The minimum absolute atomic E-state index is 0.00230. The van der Waals surface area contributed by atoms with E-state index in [1.165, 1.54) is 43.4 Å². The van der Waals surface area contributed by atoms with Gasteiger partial charge in [-0.1, -0.05) is 34.9 Å². The second-order valence-corrected chi connectivity index (χ2v) is 18.0. The lowest BCUT2D eigenvalue weighted by atomic mass is 9.51. The highest BCUT2D eigenvalue weighted by Gasteiger charge is 2.69. The first kappa shape index (κ1) is 41.7. The molecule has 2 saturated heterocycles. The summed E-state index contributed by atoms with van der Waals surface area (Å²) in [5.74, 6) is -7.88. The number of aryl methyl sites for hydroxylation is 2. The Kier molecular flexibility index (Phi) is 9.72. The summed E-state index contributed by atoms with van der Waals surface area (Å²) < 4.78 is 54.9. The highest BCUT2D eigenvalue weighted by Crippen LogP contribution is 2.66. The van der Waals surface area contributed by atoms with Crippen molar-refractivity contribution in [3.8, 4) is 27.8 Å². The van der Waals surface area contributed by atoms with E-state index in [2.05, 4.69) is 4.98 Å². The molecule has 9 rings (SSSR count). The smallest absolute Gasteiger partial charge is 0.433 e. The number of pyridine rings is 1. The van der Waals surface area contributed by atoms with Gasteiger partial charge in [-0.15, -0.1) is 11.3 Å². The molecule has 4 amide bonds. The molecule has 62 heavy (non-hydrogen) atoms. The van der Waals surface area contributed by atoms with Crippen molar-refractivity contribution in [3.05, 3.63) is 87.0 Å². The minimum Gasteiger partial charge on any atom is -0.507 e. The van der Waals surface area contributed by atoms with Gasteiger partial charge in [0.1, 0.15) is 34.5 Å². The van der Waals surface area contributed by atoms with Crippen LogP contribution >= 0.6 is 34.5 Å². The zero-order valence-electron chi connectivity index (χ0n) is 33.9. The Balaban J connectivity index is 1.16. The molecule has 3 fully saturated rings. The van der Waals surface area contributed by atoms with Gasteiger partial charge < -0.3 is 14.6 Å². The van der Waals surface area contributed by atoms with E-state index in [1.807, 2.05) is 19.1 Å². The molecule has 13 nitrogen and oxygen atoms in total. The molecule has 0 radical (unpaired) electrons. The molecule has 5 aromatic rings. The van der Waals surface area contributed by atoms with Gasteiger partial charge in [0.25, 0.3) is 11.8 Å². The van der Waals surface area contributed by atoms with Crippen molar-refractivity contribution in [1.82, 2.24) is 19.8 Å². The molecule has 2 aliphatic carbocycles. The van der Waals surface area contributed by atoms with Crippen LogP contribution in [0.1, 0.15) is 42.5 Å². The predicted molar refractivity (Wildman–Crippen MR) is 224 cm³/mol. The molecule has 0 bridgehead atoms. The van der Waals surface area contributed by atoms with Crippen molar-refractivity contribution in [2.75, 3.05) is 31.2 Å². The van der Waals surface area contributed by atoms with Gasteiger partial charge in [0.2, 0.25) is 11.8 Å². The van der Waals surface area contributed by atoms with E-state index >= 15 is 9.59 Å². The van der Waals surface area contributed by atoms with Gasteiger partial charge in [0.05, 0.1) is 47.3 Å². The van der Waals surface area contributed by atoms with Gasteiger partial charge in [0.15, 0.2) is 5.82 Å². The lowest BCUT2D eigenvalue weighted by Gasteiger charge is -2.49. The quantitative estimate of drug-likeness (QED) is 0.125. The molecule has 6 unspecified atom stereocenters. The summed E-state index contributed by atoms with van der Waals surface area (Å²) in [5.41, 5.74) is -0.709. The van der Waals surface area contributed by atoms with Crippen molar-refractivity contribution < 1.29 is 46.9 Å². The molecule has 4 aliphatic rings. The molecule has 6 atom stereocenters. The number of anilines is 2. The van der Waals surface area contributed by atoms with Crippen LogP contribution < -0.4 is 19.4 Å². The number of halogens is 5. The maximum Gasteiger partial charge on any atom is 0.433 e. The first-order valence-corrected chi connectivity index (χ1v) is 21.0. The second-order valence-electron chi connectivity index (χ2n) is 16.1. The number of phenolic OH excluding ortho intramolecular Hbond substituents is 1. The van der Waals surface area contributed by atoms with Crippen molar-refractivity contribution in [2.24, 2.45) is 36.1 Å². The SMILES string of the molecule is COc1cc(O)c(C2C3=CCC4C(=O)N(N(C)c5nc(C(F)(F)F)ccc5Cl)C(=O)C4C3CC3C(=O)N(c4cc(-c5sc6ccc(Cl)cc6c5C)nn4C)C(=O)C32C)c(OC)c1. The summed E-state index contributed by atoms with van der Waals surface area (Å²) in [6.07, 6.45) is -3.13. The number of carbonyl (C=O) groups is 4. The summed E-state index contributed by atoms with van der Waals surface area (Å²) >= 11 is 14.1. The van der Waals surface area contributed by atoms with Crippen molar-refractivity contribution >= 4 is 79.9 Å². The Morgan fingerprint density at radius 1 is 0.984 bits per heavy atom. The number of ether oxygens (including phenoxy) is 2. The number of allylic oxidation sites excluding steroid dienone is 2. The molecule has 1 saturated carbocycles. The number of rotatable bonds is 7. The average molecular weight is 910 g/mol. The van der Waals surface area contributed by atoms with Gasteiger partial charge in [-0.3, -0.25) is 28.9 Å². The van der Waals surface area contributed by atoms with Gasteiger partial charge in [-0.05, 0) is 73.9 Å². The molecule has 2 aromatic carbocycles. The number of hydrogen-bond donors (Lipinski definition) is 1. The molecule has 5 heterocycles. The summed E-state index contributed by atoms with van der Waals surface area (Å²) in [7, 11) is 5.66. The normalized spacial score (nSPS) is 24.7. The lowest BCUT2D eigenvalue weighted by Crippen LogP contribution is -2.49. The number of benzene rings is 2. The molecular formula is C43H37Cl2F3N6O7S. The van der Waals surface area contributed by atoms with E-state index in [0.717, 1.165) is 41.5 Å². The third-order valence-corrected chi connectivity index (χ3v) is 14.9. The number of aromatic nitrogens is 3. The number of alkyl halides is 3. The van der Waals surface area contributed by atoms with E-state index in [1.54, 1.807) is 38.2 Å². The van der Waals surface area contributed by atoms with Crippen LogP contribution in [0.15, 0.2) is 60.2 Å². The highest BCUT2D eigenvalue weighted by molar-refractivity contribution is 7.22. The molecular weight excluding hydrogens is 872 g/mol. The Bertz CT molecular complexity index is 2830. The number of phenols is 1. The molecule has 0 spiro atoms. The summed E-state index contributed by atoms with van der Waals surface area (Å²) in [4.78, 5) is 64.9. The van der Waals surface area contributed by atoms with Crippen LogP contribution in [-0.2, 0) is 32.4 Å². The number of hydrazine groups is 1. The molecule has 322 valence electrons. The fourth-order valence-corrected chi connectivity index (χ4v) is 11.7. The largest absolute Gasteiger partial charge is 0.507 e. The van der Waals surface area contributed by atoms with E-state index < -0.39 is 76.3 Å². The third-order valence-electron chi connectivity index (χ3n) is 13.0. The van der Waals surface area contributed by atoms with Crippen LogP contribution in [0.25, 0.3) is 20.7 Å². The molecule has 2 aliphatic heterocycles. The zero-order valence-corrected chi connectivity index (χ0v) is 36.2. The summed E-state index contributed by atoms with van der Waals surface area (Å²) in [6, 6.07) is 11.9. The fraction of sp³-hybridized carbons (Fsp3) is 0.349. The number of amides is 4. The molecule has 19 heteroatoms. The number of hydrogen-bond acceptors (Lipinski definition) is 11. The monoisotopic (exact) mass is 908 g/mol. The number of thiophene rings is 1. The minimum atomic E-state index is -4.84. The van der Waals surface area contributed by atoms with Crippen molar-refractivity contribution in [1.29, 1.82) is 0 Å². The molecule has 3 aromatic heterocycles. The van der Waals surface area contributed by atoms with Gasteiger partial charge in [-0.25, -0.2) is 9.88 Å². The summed E-state index contributed by atoms with van der Waals surface area (Å²) in [5, 5.41) is 19.5. The van der Waals surface area contributed by atoms with Crippen LogP contribution in [0, 0.1) is 36.0 Å². The Labute approximate surface area is 366 Å². The van der Waals surface area contributed by atoms with Crippen LogP contribution in [-0.4, -0.2) is 69.8 Å². The van der Waals surface area contributed by atoms with Crippen LogP contribution in [0.5, 0.6) is 17.2 Å². The maximum atomic E-state index is 15.3. The number of fused-ring (bicyclic) bond motifs is 5. The number of methoxy groups -OCH3 is 2. The van der Waals surface area contributed by atoms with Gasteiger partial charge in [-0.2, -0.15) is 23.3 Å². The Morgan fingerprint density at radius 3 is 2.42 bits per heavy atom. The number of nitrogens with zero attached hydrogens (tertiary/aromatic N) is 6. The Morgan fingerprint density at radius 2 is 1.73 bits per heavy atom. The number of imide groups is 2. The first-order chi connectivity index (χ1) is 29.3. The molecule has 1 N–H and O–H groups in total. The van der Waals surface area contributed by atoms with E-state index in [4.69, 9.17) is 37.8 Å². The number of carbonyl (C=O) groups excluding carboxylic acids is 4. The Hall–Kier alpha value is -5.65. The standard InChI is InChI=1S/C43H37Cl2F3N6O7S/c1-18-23-13-19(44)7-11-30(23)62-36(18)27-17-32(51(3)50-27)53-39(57)25-16-24-21(35(42(25,2)41(53)59)34-28(55)14-20(60-5)15-29(34)61-6)8-9-22-33(24)40(58)54(38(22)56)52(4)37-26(45)10-12-31(49-37)43(46,47)48/h7-8,10-15,17,22,24-25,33,35,55H,9,16H2,1-6H3. The van der Waals surface area contributed by atoms with Crippen LogP contribution in [0.4, 0.5) is 24.8 Å². The second kappa shape index (κ2) is 14.5. The number of aromatic hydroxyl groups is 1. The predicted octanol–water partition coefficient (Wildman–Crippen LogP) is 8.34.